The van der Waals surface area contributed by atoms with Crippen molar-refractivity contribution in [2.24, 2.45) is 0 Å². The summed E-state index contributed by atoms with van der Waals surface area (Å²) in [7, 11) is -1.08. The van der Waals surface area contributed by atoms with Crippen molar-refractivity contribution in [3.63, 3.8) is 0 Å². The van der Waals surface area contributed by atoms with Gasteiger partial charge in [-0.05, 0) is 74.5 Å². The molecule has 3 rings (SSSR count). The fourth-order valence-electron chi connectivity index (χ4n) is 4.15. The number of sulfonamides is 1. The molecule has 0 bridgehead atoms. The van der Waals surface area contributed by atoms with Crippen molar-refractivity contribution >= 4 is 39.8 Å². The lowest BCUT2D eigenvalue weighted by Crippen LogP contribution is -2.32. The number of likely N-dealkylation sites (N-methyl/N-ethyl adjacent to an activating group) is 1. The maximum Gasteiger partial charge on any atom is 0.211 e. The molecule has 33 heavy (non-hydrogen) atoms. The Hall–Kier alpha value is -1.44. The van der Waals surface area contributed by atoms with Crippen LogP contribution in [-0.2, 0) is 29.3 Å². The number of benzene rings is 2. The second kappa shape index (κ2) is 12.9. The summed E-state index contributed by atoms with van der Waals surface area (Å²) in [5.74, 6) is 0.163. The van der Waals surface area contributed by atoms with Crippen molar-refractivity contribution in [1.82, 2.24) is 9.21 Å². The highest BCUT2D eigenvalue weighted by Gasteiger charge is 2.21. The van der Waals surface area contributed by atoms with E-state index < -0.39 is 10.0 Å². The van der Waals surface area contributed by atoms with E-state index in [9.17, 15) is 13.2 Å². The summed E-state index contributed by atoms with van der Waals surface area (Å²) < 4.78 is 25.2. The number of carbonyl (C=O) groups is 1. The second-order valence-electron chi connectivity index (χ2n) is 8.67. The molecule has 8 heteroatoms. The average Bonchev–Trinajstić information content (AvgIpc) is 2.98. The van der Waals surface area contributed by atoms with Crippen molar-refractivity contribution in [2.75, 3.05) is 39.5 Å². The van der Waals surface area contributed by atoms with Gasteiger partial charge in [-0.25, -0.2) is 12.7 Å². The van der Waals surface area contributed by atoms with Crippen LogP contribution < -0.4 is 0 Å². The summed E-state index contributed by atoms with van der Waals surface area (Å²) in [5.41, 5.74) is 4.15. The predicted octanol–water partition coefficient (Wildman–Crippen LogP) is 4.65. The Balaban J connectivity index is 0.00000385. The van der Waals surface area contributed by atoms with Gasteiger partial charge in [0.1, 0.15) is 0 Å². The predicted molar refractivity (Wildman–Crippen MR) is 138 cm³/mol. The zero-order valence-corrected chi connectivity index (χ0v) is 21.8. The van der Waals surface area contributed by atoms with E-state index in [0.717, 1.165) is 54.1 Å². The number of hydrogen-bond donors (Lipinski definition) is 0. The Morgan fingerprint density at radius 3 is 2.42 bits per heavy atom. The van der Waals surface area contributed by atoms with E-state index in [1.165, 1.54) is 16.1 Å². The molecule has 0 aliphatic carbocycles. The minimum Gasteiger partial charge on any atom is -0.306 e. The normalized spacial score (nSPS) is 14.4. The van der Waals surface area contributed by atoms with Gasteiger partial charge in [-0.3, -0.25) is 4.79 Å². The summed E-state index contributed by atoms with van der Waals surface area (Å²) in [6.45, 7) is 2.86. The first-order valence-corrected chi connectivity index (χ1v) is 13.5. The lowest BCUT2D eigenvalue weighted by molar-refractivity contribution is 0.0978. The number of halogens is 2. The van der Waals surface area contributed by atoms with Gasteiger partial charge in [0.15, 0.2) is 5.78 Å². The SMILES string of the molecule is CN(CCCCC(=O)c1ccc2c(c1)CCN(S(C)(=O)=O)CC2)CCc1ccccc1Cl.Cl. The maximum atomic E-state index is 12.7. The molecule has 1 aliphatic heterocycles. The Morgan fingerprint density at radius 2 is 1.73 bits per heavy atom. The molecular formula is C25H34Cl2N2O3S. The van der Waals surface area contributed by atoms with E-state index in [2.05, 4.69) is 18.0 Å². The maximum absolute atomic E-state index is 12.7. The molecule has 0 N–H and O–H groups in total. The first-order valence-electron chi connectivity index (χ1n) is 11.3. The van der Waals surface area contributed by atoms with Gasteiger partial charge in [-0.2, -0.15) is 0 Å². The van der Waals surface area contributed by atoms with Gasteiger partial charge in [0.05, 0.1) is 6.26 Å². The Morgan fingerprint density at radius 1 is 1.03 bits per heavy atom. The van der Waals surface area contributed by atoms with Crippen LogP contribution >= 0.6 is 24.0 Å². The van der Waals surface area contributed by atoms with Gasteiger partial charge in [0, 0.05) is 36.6 Å². The van der Waals surface area contributed by atoms with Crippen LogP contribution in [0.3, 0.4) is 0 Å². The number of fused-ring (bicyclic) bond motifs is 1. The minimum absolute atomic E-state index is 0. The van der Waals surface area contributed by atoms with Gasteiger partial charge in [-0.1, -0.05) is 41.9 Å². The van der Waals surface area contributed by atoms with Crippen molar-refractivity contribution in [2.45, 2.75) is 38.5 Å². The summed E-state index contributed by atoms with van der Waals surface area (Å²) in [6.07, 6.45) is 5.88. The lowest BCUT2D eigenvalue weighted by Gasteiger charge is -2.16. The number of hydrogen-bond acceptors (Lipinski definition) is 4. The van der Waals surface area contributed by atoms with Gasteiger partial charge in [0.25, 0.3) is 0 Å². The van der Waals surface area contributed by atoms with Crippen molar-refractivity contribution < 1.29 is 13.2 Å². The van der Waals surface area contributed by atoms with Gasteiger partial charge in [0.2, 0.25) is 10.0 Å². The zero-order valence-electron chi connectivity index (χ0n) is 19.4. The van der Waals surface area contributed by atoms with Crippen LogP contribution in [0, 0.1) is 0 Å². The Labute approximate surface area is 209 Å². The third kappa shape index (κ3) is 8.37. The Bertz CT molecular complexity index is 1040. The van der Waals surface area contributed by atoms with Crippen LogP contribution in [0.15, 0.2) is 42.5 Å². The van der Waals surface area contributed by atoms with Gasteiger partial charge < -0.3 is 4.90 Å². The van der Waals surface area contributed by atoms with Crippen LogP contribution in [0.2, 0.25) is 5.02 Å². The summed E-state index contributed by atoms with van der Waals surface area (Å²) in [5, 5.41) is 0.816. The van der Waals surface area contributed by atoms with Crippen LogP contribution in [0.25, 0.3) is 0 Å². The van der Waals surface area contributed by atoms with Crippen molar-refractivity contribution in [1.29, 1.82) is 0 Å². The summed E-state index contributed by atoms with van der Waals surface area (Å²) in [6, 6.07) is 13.8. The summed E-state index contributed by atoms with van der Waals surface area (Å²) >= 11 is 6.22. The first-order chi connectivity index (χ1) is 15.2. The molecule has 1 aliphatic rings. The average molecular weight is 514 g/mol. The number of carbonyl (C=O) groups excluding carboxylic acids is 1. The monoisotopic (exact) mass is 512 g/mol. The van der Waals surface area contributed by atoms with Crippen molar-refractivity contribution in [3.8, 4) is 0 Å². The van der Waals surface area contributed by atoms with Crippen LogP contribution in [-0.4, -0.2) is 62.9 Å². The van der Waals surface area contributed by atoms with Crippen molar-refractivity contribution in [3.05, 3.63) is 69.7 Å². The highest BCUT2D eigenvalue weighted by Crippen LogP contribution is 2.20. The fourth-order valence-corrected chi connectivity index (χ4v) is 5.22. The van der Waals surface area contributed by atoms with Crippen LogP contribution in [0.4, 0.5) is 0 Å². The molecular weight excluding hydrogens is 479 g/mol. The highest BCUT2D eigenvalue weighted by atomic mass is 35.5. The van der Waals surface area contributed by atoms with Crippen LogP contribution in [0.5, 0.6) is 0 Å². The molecule has 2 aromatic carbocycles. The van der Waals surface area contributed by atoms with E-state index in [-0.39, 0.29) is 18.2 Å². The quantitative estimate of drug-likeness (QED) is 0.343. The molecule has 5 nitrogen and oxygen atoms in total. The molecule has 0 fully saturated rings. The molecule has 0 radical (unpaired) electrons. The highest BCUT2D eigenvalue weighted by molar-refractivity contribution is 7.88. The lowest BCUT2D eigenvalue weighted by atomic mass is 9.97. The fraction of sp³-hybridized carbons (Fsp3) is 0.480. The molecule has 182 valence electrons. The molecule has 1 heterocycles. The number of nitrogens with zero attached hydrogens (tertiary/aromatic N) is 2. The number of ketones is 1. The first kappa shape index (κ1) is 27.8. The Kier molecular flexibility index (Phi) is 10.8. The van der Waals surface area contributed by atoms with E-state index in [4.69, 9.17) is 11.6 Å². The van der Waals surface area contributed by atoms with Crippen LogP contribution in [0.1, 0.15) is 46.3 Å². The topological polar surface area (TPSA) is 57.7 Å². The van der Waals surface area contributed by atoms with E-state index in [1.54, 1.807) is 0 Å². The second-order valence-corrected chi connectivity index (χ2v) is 11.1. The molecule has 2 aromatic rings. The number of unbranched alkanes of at least 4 members (excludes halogenated alkanes) is 1. The standard InChI is InChI=1S/C25H33ClN2O3S.ClH/c1-27(16-12-21-7-3-4-8-24(21)26)15-6-5-9-25(29)23-11-10-20-13-17-28(32(2,30)31)18-14-22(20)19-23;/h3-4,7-8,10-11,19H,5-6,9,12-18H2,1-2H3;1H. The zero-order chi connectivity index (χ0) is 23.1. The minimum atomic E-state index is -3.18. The molecule has 0 aromatic heterocycles. The molecule has 0 saturated carbocycles. The molecule has 0 atom stereocenters. The smallest absolute Gasteiger partial charge is 0.211 e. The summed E-state index contributed by atoms with van der Waals surface area (Å²) in [4.78, 5) is 15.0. The van der Waals surface area contributed by atoms with E-state index in [0.29, 0.717) is 32.4 Å². The number of rotatable bonds is 10. The van der Waals surface area contributed by atoms with Gasteiger partial charge >= 0.3 is 0 Å². The number of Topliss-reactive ketones (excluding diaryl/α,β-unsaturated/α-hetero) is 1. The largest absolute Gasteiger partial charge is 0.306 e. The third-order valence-electron chi connectivity index (χ3n) is 6.17. The molecule has 0 saturated heterocycles. The van der Waals surface area contributed by atoms with E-state index >= 15 is 0 Å². The molecule has 0 unspecified atom stereocenters. The molecule has 0 amide bonds. The molecule has 0 spiro atoms. The van der Waals surface area contributed by atoms with E-state index in [1.807, 2.05) is 36.4 Å². The third-order valence-corrected chi connectivity index (χ3v) is 7.84. The van der Waals surface area contributed by atoms with Gasteiger partial charge in [-0.15, -0.1) is 12.4 Å².